The van der Waals surface area contributed by atoms with Gasteiger partial charge in [0, 0.05) is 18.7 Å². The summed E-state index contributed by atoms with van der Waals surface area (Å²) in [6, 6.07) is 4.97. The van der Waals surface area contributed by atoms with Gasteiger partial charge in [-0.25, -0.2) is 14.4 Å². The molecule has 0 atom stereocenters. The molecule has 31 heavy (non-hydrogen) atoms. The number of carbonyl (C=O) groups excluding carboxylic acids is 1. The predicted octanol–water partition coefficient (Wildman–Crippen LogP) is 1.82. The van der Waals surface area contributed by atoms with Crippen LogP contribution in [0.5, 0.6) is 0 Å². The minimum Gasteiger partial charge on any atom is -0.378 e. The molecule has 3 N–H and O–H groups in total. The number of nitrogens with one attached hydrogen (secondary N) is 1. The van der Waals surface area contributed by atoms with E-state index in [1.165, 1.54) is 17.2 Å². The van der Waals surface area contributed by atoms with E-state index in [9.17, 15) is 9.18 Å². The van der Waals surface area contributed by atoms with Crippen molar-refractivity contribution < 1.29 is 13.8 Å². The molecule has 0 aliphatic carbocycles. The smallest absolute Gasteiger partial charge is 0.293 e. The van der Waals surface area contributed by atoms with Gasteiger partial charge in [-0.2, -0.15) is 9.78 Å². The maximum Gasteiger partial charge on any atom is 0.293 e. The number of nitrogen functional groups attached to an aromatic ring is 1. The molecule has 1 amide bonds. The molecular weight excluding hydrogens is 405 g/mol. The highest BCUT2D eigenvalue weighted by atomic mass is 19.1. The van der Waals surface area contributed by atoms with Crippen LogP contribution in [0.3, 0.4) is 0 Å². The SMILES string of the molecule is C/C(=N/NC(=O)c1nnn(-c2nonc2N)c1C)c1ccc(N2CCCCC2)c(F)c1. The summed E-state index contributed by atoms with van der Waals surface area (Å²) in [6.45, 7) is 5.01. The summed E-state index contributed by atoms with van der Waals surface area (Å²) in [4.78, 5) is 14.5. The van der Waals surface area contributed by atoms with Crippen LogP contribution in [0.15, 0.2) is 27.9 Å². The van der Waals surface area contributed by atoms with Crippen molar-refractivity contribution in [3.05, 3.63) is 41.0 Å². The molecule has 1 saturated heterocycles. The number of rotatable bonds is 5. The number of aromatic nitrogens is 5. The van der Waals surface area contributed by atoms with Crippen molar-refractivity contribution in [2.24, 2.45) is 5.10 Å². The van der Waals surface area contributed by atoms with Crippen LogP contribution >= 0.6 is 0 Å². The minimum absolute atomic E-state index is 0.0175. The standard InChI is InChI=1S/C19H22FN9O2/c1-11(13-6-7-15(14(20)10-13)28-8-4-3-5-9-28)22-24-19(30)16-12(2)29(27-23-16)18-17(21)25-31-26-18/h6-7,10H,3-5,8-9H2,1-2H3,(H2,21,25)(H,24,30)/b22-11-. The summed E-state index contributed by atoms with van der Waals surface area (Å²) in [6.07, 6.45) is 3.31. The van der Waals surface area contributed by atoms with Crippen LogP contribution in [0.1, 0.15) is 47.9 Å². The van der Waals surface area contributed by atoms with Gasteiger partial charge < -0.3 is 10.6 Å². The molecular formula is C19H22FN9O2. The Morgan fingerprint density at radius 2 is 2.03 bits per heavy atom. The second kappa shape index (κ2) is 8.50. The number of hydrazone groups is 1. The van der Waals surface area contributed by atoms with Crippen LogP contribution in [0, 0.1) is 12.7 Å². The second-order valence-electron chi connectivity index (χ2n) is 7.26. The highest BCUT2D eigenvalue weighted by Crippen LogP contribution is 2.24. The Balaban J connectivity index is 1.47. The molecule has 0 radical (unpaired) electrons. The van der Waals surface area contributed by atoms with Gasteiger partial charge >= 0.3 is 0 Å². The Kier molecular flexibility index (Phi) is 5.60. The lowest BCUT2D eigenvalue weighted by Gasteiger charge is -2.29. The van der Waals surface area contributed by atoms with E-state index in [2.05, 4.69) is 40.7 Å². The lowest BCUT2D eigenvalue weighted by atomic mass is 10.1. The molecule has 1 aromatic carbocycles. The number of anilines is 2. The minimum atomic E-state index is -0.580. The van der Waals surface area contributed by atoms with Gasteiger partial charge in [0.15, 0.2) is 5.69 Å². The van der Waals surface area contributed by atoms with Crippen LogP contribution in [-0.4, -0.2) is 50.0 Å². The van der Waals surface area contributed by atoms with E-state index in [0.29, 0.717) is 22.7 Å². The zero-order valence-electron chi connectivity index (χ0n) is 17.2. The van der Waals surface area contributed by atoms with Crippen molar-refractivity contribution >= 4 is 23.1 Å². The molecule has 1 aliphatic heterocycles. The zero-order chi connectivity index (χ0) is 22.0. The number of benzene rings is 1. The fraction of sp³-hybridized carbons (Fsp3) is 0.368. The molecule has 12 heteroatoms. The summed E-state index contributed by atoms with van der Waals surface area (Å²) in [5.74, 6) is -0.738. The summed E-state index contributed by atoms with van der Waals surface area (Å²) in [7, 11) is 0. The number of carbonyl (C=O) groups is 1. The van der Waals surface area contributed by atoms with Gasteiger partial charge in [0.2, 0.25) is 11.6 Å². The van der Waals surface area contributed by atoms with Gasteiger partial charge in [-0.05, 0) is 55.6 Å². The van der Waals surface area contributed by atoms with Gasteiger partial charge in [0.1, 0.15) is 5.82 Å². The third-order valence-corrected chi connectivity index (χ3v) is 5.19. The van der Waals surface area contributed by atoms with E-state index in [-0.39, 0.29) is 23.1 Å². The summed E-state index contributed by atoms with van der Waals surface area (Å²) in [5, 5.41) is 18.9. The highest BCUT2D eigenvalue weighted by Gasteiger charge is 2.21. The number of piperidine rings is 1. The fourth-order valence-corrected chi connectivity index (χ4v) is 3.45. The normalized spacial score (nSPS) is 14.7. The summed E-state index contributed by atoms with van der Waals surface area (Å²) < 4.78 is 20.4. The fourth-order valence-electron chi connectivity index (χ4n) is 3.45. The van der Waals surface area contributed by atoms with Crippen LogP contribution in [0.25, 0.3) is 5.82 Å². The zero-order valence-corrected chi connectivity index (χ0v) is 17.2. The Bertz CT molecular complexity index is 1130. The maximum atomic E-state index is 14.6. The number of hydrogen-bond donors (Lipinski definition) is 2. The molecule has 4 rings (SSSR count). The van der Waals surface area contributed by atoms with E-state index < -0.39 is 5.91 Å². The van der Waals surface area contributed by atoms with Gasteiger partial charge in [-0.3, -0.25) is 4.79 Å². The lowest BCUT2D eigenvalue weighted by Crippen LogP contribution is -2.30. The second-order valence-corrected chi connectivity index (χ2v) is 7.26. The molecule has 0 spiro atoms. The largest absolute Gasteiger partial charge is 0.378 e. The van der Waals surface area contributed by atoms with E-state index in [4.69, 9.17) is 5.73 Å². The first-order valence-corrected chi connectivity index (χ1v) is 9.86. The van der Waals surface area contributed by atoms with Gasteiger partial charge in [0.05, 0.1) is 17.1 Å². The Labute approximate surface area is 177 Å². The van der Waals surface area contributed by atoms with Gasteiger partial charge in [0.25, 0.3) is 5.91 Å². The maximum absolute atomic E-state index is 14.6. The molecule has 0 bridgehead atoms. The summed E-state index contributed by atoms with van der Waals surface area (Å²) >= 11 is 0. The lowest BCUT2D eigenvalue weighted by molar-refractivity contribution is 0.0949. The third kappa shape index (κ3) is 4.09. The third-order valence-electron chi connectivity index (χ3n) is 5.19. The molecule has 1 aliphatic rings. The van der Waals surface area contributed by atoms with Crippen molar-refractivity contribution in [1.29, 1.82) is 0 Å². The number of hydrogen-bond acceptors (Lipinski definition) is 9. The van der Waals surface area contributed by atoms with Crippen LogP contribution < -0.4 is 16.1 Å². The van der Waals surface area contributed by atoms with E-state index in [0.717, 1.165) is 25.9 Å². The molecule has 3 heterocycles. The molecule has 3 aromatic rings. The first kappa shape index (κ1) is 20.4. The number of amides is 1. The summed E-state index contributed by atoms with van der Waals surface area (Å²) in [5.41, 5.74) is 10.1. The Hall–Kier alpha value is -3.83. The average molecular weight is 427 g/mol. The van der Waals surface area contributed by atoms with Crippen LogP contribution in [0.2, 0.25) is 0 Å². The first-order chi connectivity index (χ1) is 15.0. The van der Waals surface area contributed by atoms with Crippen molar-refractivity contribution in [3.63, 3.8) is 0 Å². The molecule has 2 aromatic heterocycles. The number of halogens is 1. The Morgan fingerprint density at radius 1 is 1.26 bits per heavy atom. The molecule has 0 unspecified atom stereocenters. The first-order valence-electron chi connectivity index (χ1n) is 9.86. The van der Waals surface area contributed by atoms with Crippen molar-refractivity contribution in [2.75, 3.05) is 23.7 Å². The van der Waals surface area contributed by atoms with E-state index in [1.54, 1.807) is 26.0 Å². The number of nitrogens with zero attached hydrogens (tertiary/aromatic N) is 7. The van der Waals surface area contributed by atoms with Crippen LogP contribution in [0.4, 0.5) is 15.9 Å². The monoisotopic (exact) mass is 427 g/mol. The predicted molar refractivity (Wildman–Crippen MR) is 111 cm³/mol. The quantitative estimate of drug-likeness (QED) is 0.464. The Morgan fingerprint density at radius 3 is 2.71 bits per heavy atom. The molecule has 0 saturated carbocycles. The molecule has 1 fully saturated rings. The molecule has 162 valence electrons. The number of nitrogens with two attached hydrogens (primary N) is 1. The van der Waals surface area contributed by atoms with Crippen molar-refractivity contribution in [1.82, 2.24) is 30.7 Å². The topological polar surface area (TPSA) is 140 Å². The van der Waals surface area contributed by atoms with Gasteiger partial charge in [-0.15, -0.1) is 5.10 Å². The van der Waals surface area contributed by atoms with Crippen molar-refractivity contribution in [2.45, 2.75) is 33.1 Å². The highest BCUT2D eigenvalue weighted by molar-refractivity contribution is 6.00. The molecule has 11 nitrogen and oxygen atoms in total. The van der Waals surface area contributed by atoms with Gasteiger partial charge in [-0.1, -0.05) is 11.3 Å². The average Bonchev–Trinajstić information content (AvgIpc) is 3.37. The van der Waals surface area contributed by atoms with Crippen LogP contribution in [-0.2, 0) is 0 Å². The van der Waals surface area contributed by atoms with E-state index in [1.807, 2.05) is 0 Å². The van der Waals surface area contributed by atoms with E-state index >= 15 is 0 Å². The van der Waals surface area contributed by atoms with Crippen molar-refractivity contribution in [3.8, 4) is 5.82 Å².